The second-order valence-electron chi connectivity index (χ2n) is 5.48. The average molecular weight is 375 g/mol. The van der Waals surface area contributed by atoms with Crippen molar-refractivity contribution in [1.82, 2.24) is 5.32 Å². The Bertz CT molecular complexity index is 746. The van der Waals surface area contributed by atoms with E-state index in [-0.39, 0.29) is 17.9 Å². The molecule has 6 heteroatoms. The minimum Gasteiger partial charge on any atom is -0.465 e. The molecule has 23 heavy (non-hydrogen) atoms. The van der Waals surface area contributed by atoms with Gasteiger partial charge in [-0.2, -0.15) is 0 Å². The summed E-state index contributed by atoms with van der Waals surface area (Å²) in [7, 11) is 0. The molecule has 1 fully saturated rings. The number of halogens is 1. The Labute approximate surface area is 141 Å². The minimum atomic E-state index is -0.990. The van der Waals surface area contributed by atoms with Crippen LogP contribution < -0.4 is 10.6 Å². The Morgan fingerprint density at radius 2 is 1.87 bits per heavy atom. The second kappa shape index (κ2) is 6.42. The van der Waals surface area contributed by atoms with Gasteiger partial charge in [0.05, 0.1) is 0 Å². The summed E-state index contributed by atoms with van der Waals surface area (Å²) < 4.78 is 0.853. The van der Waals surface area contributed by atoms with Gasteiger partial charge >= 0.3 is 6.09 Å². The lowest BCUT2D eigenvalue weighted by Gasteiger charge is -2.07. The van der Waals surface area contributed by atoms with Crippen molar-refractivity contribution in [1.29, 1.82) is 0 Å². The fraction of sp³-hybridized carbons (Fsp3) is 0.176. The molecule has 0 bridgehead atoms. The van der Waals surface area contributed by atoms with E-state index in [1.165, 1.54) is 0 Å². The quantitative estimate of drug-likeness (QED) is 0.760. The lowest BCUT2D eigenvalue weighted by Crippen LogP contribution is -2.24. The van der Waals surface area contributed by atoms with Crippen LogP contribution in [0.3, 0.4) is 0 Å². The number of carboxylic acid groups (broad SMARTS) is 1. The zero-order chi connectivity index (χ0) is 16.4. The molecule has 3 N–H and O–H groups in total. The van der Waals surface area contributed by atoms with Crippen molar-refractivity contribution >= 4 is 33.6 Å². The number of anilines is 1. The number of hydrogen-bond acceptors (Lipinski definition) is 2. The maximum absolute atomic E-state index is 12.2. The number of carbonyl (C=O) groups is 2. The largest absolute Gasteiger partial charge is 0.465 e. The molecule has 0 aromatic heterocycles. The smallest absolute Gasteiger partial charge is 0.404 e. The third-order valence-corrected chi connectivity index (χ3v) is 4.28. The monoisotopic (exact) mass is 374 g/mol. The molecule has 0 heterocycles. The maximum Gasteiger partial charge on any atom is 0.404 e. The topological polar surface area (TPSA) is 78.4 Å². The Balaban J connectivity index is 1.62. The highest BCUT2D eigenvalue weighted by atomic mass is 79.9. The molecule has 0 aliphatic heterocycles. The molecule has 0 saturated heterocycles. The van der Waals surface area contributed by atoms with Gasteiger partial charge in [-0.25, -0.2) is 4.79 Å². The molecular weight excluding hydrogens is 360 g/mol. The number of carbonyl (C=O) groups excluding carboxylic acids is 1. The van der Waals surface area contributed by atoms with Crippen LogP contribution in [0.15, 0.2) is 53.0 Å². The predicted molar refractivity (Wildman–Crippen MR) is 90.8 cm³/mol. The van der Waals surface area contributed by atoms with Crippen LogP contribution in [0.2, 0.25) is 0 Å². The van der Waals surface area contributed by atoms with E-state index < -0.39 is 6.09 Å². The Hall–Kier alpha value is -2.34. The van der Waals surface area contributed by atoms with Gasteiger partial charge in [0.15, 0.2) is 0 Å². The Morgan fingerprint density at radius 1 is 1.13 bits per heavy atom. The van der Waals surface area contributed by atoms with Gasteiger partial charge in [0.1, 0.15) is 0 Å². The van der Waals surface area contributed by atoms with E-state index in [0.29, 0.717) is 11.3 Å². The standard InChI is InChI=1S/C17H15BrN2O3/c18-12-3-1-2-11(8-12)16(21)19-13-6-4-10(5-7-13)14-9-15(14)20-17(22)23/h1-8,14-15,20H,9H2,(H,19,21)(H,22,23)/t14-,15+/m0/s1. The predicted octanol–water partition coefficient (Wildman–Crippen LogP) is 3.82. The van der Waals surface area contributed by atoms with Gasteiger partial charge in [-0.3, -0.25) is 4.79 Å². The first-order chi connectivity index (χ1) is 11.0. The van der Waals surface area contributed by atoms with Crippen LogP contribution in [0.25, 0.3) is 0 Å². The summed E-state index contributed by atoms with van der Waals surface area (Å²) in [5.41, 5.74) is 2.36. The van der Waals surface area contributed by atoms with Gasteiger partial charge in [-0.05, 0) is 42.3 Å². The molecule has 5 nitrogen and oxygen atoms in total. The van der Waals surface area contributed by atoms with Gasteiger partial charge in [-0.15, -0.1) is 0 Å². The average Bonchev–Trinajstić information content (AvgIpc) is 3.26. The van der Waals surface area contributed by atoms with Crippen LogP contribution in [0, 0.1) is 0 Å². The number of rotatable bonds is 4. The summed E-state index contributed by atoms with van der Waals surface area (Å²) in [6.07, 6.45) is -0.175. The van der Waals surface area contributed by atoms with Crippen molar-refractivity contribution in [2.45, 2.75) is 18.4 Å². The SMILES string of the molecule is O=C(O)N[C@@H]1C[C@H]1c1ccc(NC(=O)c2cccc(Br)c2)cc1. The number of nitrogens with one attached hydrogen (secondary N) is 2. The molecule has 1 aliphatic carbocycles. The Kier molecular flexibility index (Phi) is 4.34. The highest BCUT2D eigenvalue weighted by Gasteiger charge is 2.39. The third-order valence-electron chi connectivity index (χ3n) is 3.78. The van der Waals surface area contributed by atoms with E-state index in [1.54, 1.807) is 12.1 Å². The zero-order valence-electron chi connectivity index (χ0n) is 12.1. The van der Waals surface area contributed by atoms with Crippen LogP contribution in [-0.2, 0) is 0 Å². The number of amides is 2. The van der Waals surface area contributed by atoms with E-state index in [1.807, 2.05) is 36.4 Å². The van der Waals surface area contributed by atoms with Gasteiger partial charge in [0, 0.05) is 27.7 Å². The molecule has 118 valence electrons. The van der Waals surface area contributed by atoms with E-state index in [0.717, 1.165) is 16.5 Å². The van der Waals surface area contributed by atoms with Crippen molar-refractivity contribution in [3.05, 3.63) is 64.1 Å². The van der Waals surface area contributed by atoms with Crippen molar-refractivity contribution in [3.63, 3.8) is 0 Å². The van der Waals surface area contributed by atoms with Crippen molar-refractivity contribution in [2.75, 3.05) is 5.32 Å². The zero-order valence-corrected chi connectivity index (χ0v) is 13.7. The minimum absolute atomic E-state index is 0.00499. The van der Waals surface area contributed by atoms with Crippen molar-refractivity contribution < 1.29 is 14.7 Å². The summed E-state index contributed by atoms with van der Waals surface area (Å²) in [4.78, 5) is 22.8. The molecule has 0 radical (unpaired) electrons. The molecule has 1 saturated carbocycles. The summed E-state index contributed by atoms with van der Waals surface area (Å²) in [5.74, 6) is 0.0526. The maximum atomic E-state index is 12.2. The van der Waals surface area contributed by atoms with E-state index in [4.69, 9.17) is 5.11 Å². The first kappa shape index (κ1) is 15.6. The number of hydrogen-bond donors (Lipinski definition) is 3. The summed E-state index contributed by atoms with van der Waals surface area (Å²) in [6, 6.07) is 14.7. The fourth-order valence-electron chi connectivity index (χ4n) is 2.53. The van der Waals surface area contributed by atoms with Crippen LogP contribution in [0.1, 0.15) is 28.3 Å². The highest BCUT2D eigenvalue weighted by molar-refractivity contribution is 9.10. The van der Waals surface area contributed by atoms with Gasteiger partial charge in [0.25, 0.3) is 5.91 Å². The molecule has 2 aromatic carbocycles. The Morgan fingerprint density at radius 3 is 2.52 bits per heavy atom. The van der Waals surface area contributed by atoms with Crippen molar-refractivity contribution in [2.24, 2.45) is 0 Å². The normalized spacial score (nSPS) is 19.0. The van der Waals surface area contributed by atoms with Gasteiger partial charge < -0.3 is 15.7 Å². The first-order valence-electron chi connectivity index (χ1n) is 7.19. The van der Waals surface area contributed by atoms with Crippen LogP contribution in [0.5, 0.6) is 0 Å². The number of benzene rings is 2. The molecule has 1 aliphatic rings. The first-order valence-corrected chi connectivity index (χ1v) is 7.98. The van der Waals surface area contributed by atoms with Crippen molar-refractivity contribution in [3.8, 4) is 0 Å². The second-order valence-corrected chi connectivity index (χ2v) is 6.40. The van der Waals surface area contributed by atoms with Crippen LogP contribution in [0.4, 0.5) is 10.5 Å². The van der Waals surface area contributed by atoms with E-state index in [9.17, 15) is 9.59 Å². The molecular formula is C17H15BrN2O3. The fourth-order valence-corrected chi connectivity index (χ4v) is 2.93. The molecule has 3 rings (SSSR count). The van der Waals surface area contributed by atoms with Gasteiger partial charge in [0.2, 0.25) is 0 Å². The van der Waals surface area contributed by atoms with Crippen LogP contribution in [-0.4, -0.2) is 23.1 Å². The summed E-state index contributed by atoms with van der Waals surface area (Å²) in [6.45, 7) is 0. The van der Waals surface area contributed by atoms with Crippen LogP contribution >= 0.6 is 15.9 Å². The molecule has 2 amide bonds. The summed E-state index contributed by atoms with van der Waals surface area (Å²) in [5, 5.41) is 14.0. The third kappa shape index (κ3) is 3.90. The van der Waals surface area contributed by atoms with Gasteiger partial charge in [-0.1, -0.05) is 34.1 Å². The van der Waals surface area contributed by atoms with E-state index in [2.05, 4.69) is 26.6 Å². The molecule has 0 unspecified atom stereocenters. The molecule has 2 atom stereocenters. The highest BCUT2D eigenvalue weighted by Crippen LogP contribution is 2.41. The summed E-state index contributed by atoms with van der Waals surface area (Å²) >= 11 is 3.34. The molecule has 2 aromatic rings. The molecule has 0 spiro atoms. The lowest BCUT2D eigenvalue weighted by atomic mass is 10.1. The van der Waals surface area contributed by atoms with E-state index >= 15 is 0 Å². The lowest BCUT2D eigenvalue weighted by molar-refractivity contribution is 0.102.